The summed E-state index contributed by atoms with van der Waals surface area (Å²) in [5.74, 6) is 0.259. The van der Waals surface area contributed by atoms with Gasteiger partial charge in [-0.1, -0.05) is 49.2 Å². The first-order chi connectivity index (χ1) is 17.9. The van der Waals surface area contributed by atoms with Crippen LogP contribution in [0.3, 0.4) is 0 Å². The zero-order valence-corrected chi connectivity index (χ0v) is 22.0. The fourth-order valence-electron chi connectivity index (χ4n) is 4.48. The summed E-state index contributed by atoms with van der Waals surface area (Å²) in [4.78, 5) is 30.1. The van der Waals surface area contributed by atoms with E-state index >= 15 is 0 Å². The molecule has 2 atom stereocenters. The van der Waals surface area contributed by atoms with Gasteiger partial charge in [0.05, 0.1) is 25.5 Å². The molecule has 196 valence electrons. The summed E-state index contributed by atoms with van der Waals surface area (Å²) in [7, 11) is 1.33. The lowest BCUT2D eigenvalue weighted by atomic mass is 9.91. The minimum absolute atomic E-state index is 0.150. The Morgan fingerprint density at radius 2 is 1.95 bits per heavy atom. The molecule has 37 heavy (non-hydrogen) atoms. The highest BCUT2D eigenvalue weighted by atomic mass is 35.5. The summed E-state index contributed by atoms with van der Waals surface area (Å²) in [6, 6.07) is 13.1. The number of esters is 2. The predicted molar refractivity (Wildman–Crippen MR) is 138 cm³/mol. The Bertz CT molecular complexity index is 1260. The van der Waals surface area contributed by atoms with Crippen LogP contribution in [0.1, 0.15) is 55.4 Å². The maximum absolute atomic E-state index is 13.1. The molecule has 0 bridgehead atoms. The van der Waals surface area contributed by atoms with Crippen LogP contribution in [-0.4, -0.2) is 35.4 Å². The second kappa shape index (κ2) is 12.1. The fourth-order valence-corrected chi connectivity index (χ4v) is 4.68. The number of nitrogens with zero attached hydrogens (tertiary/aromatic N) is 2. The van der Waals surface area contributed by atoms with Crippen molar-refractivity contribution in [3.8, 4) is 11.5 Å². The zero-order valence-electron chi connectivity index (χ0n) is 21.2. The van der Waals surface area contributed by atoms with Gasteiger partial charge >= 0.3 is 11.9 Å². The number of imidazole rings is 1. The topological polar surface area (TPSA) is 88.9 Å². The monoisotopic (exact) mass is 526 g/mol. The number of hydrogen-bond donors (Lipinski definition) is 0. The maximum atomic E-state index is 13.1. The maximum Gasteiger partial charge on any atom is 0.313 e. The second-order valence-corrected chi connectivity index (χ2v) is 9.34. The number of methoxy groups -OCH3 is 1. The molecule has 0 radical (unpaired) electrons. The summed E-state index contributed by atoms with van der Waals surface area (Å²) >= 11 is 6.49. The van der Waals surface area contributed by atoms with Crippen molar-refractivity contribution in [1.29, 1.82) is 0 Å². The van der Waals surface area contributed by atoms with E-state index < -0.39 is 24.0 Å². The predicted octanol–water partition coefficient (Wildman–Crippen LogP) is 5.29. The van der Waals surface area contributed by atoms with Crippen molar-refractivity contribution in [1.82, 2.24) is 9.55 Å². The molecule has 0 N–H and O–H groups in total. The van der Waals surface area contributed by atoms with Crippen LogP contribution in [0.4, 0.5) is 0 Å². The number of benzene rings is 2. The average Bonchev–Trinajstić information content (AvgIpc) is 3.52. The zero-order chi connectivity index (χ0) is 26.4. The van der Waals surface area contributed by atoms with Gasteiger partial charge in [-0.3, -0.25) is 9.59 Å². The molecule has 0 fully saturated rings. The van der Waals surface area contributed by atoms with Crippen LogP contribution >= 0.6 is 11.6 Å². The summed E-state index contributed by atoms with van der Waals surface area (Å²) in [6.45, 7) is 4.01. The van der Waals surface area contributed by atoms with Crippen LogP contribution in [0.5, 0.6) is 11.5 Å². The SMILES string of the molecule is CCCCc1ncc(C(OC(C)=O)C(Cc2ccc3c(c2)OCO3)C(=O)OC)n1Cc1ccccc1Cl. The Labute approximate surface area is 221 Å². The molecule has 0 amide bonds. The van der Waals surface area contributed by atoms with Crippen molar-refractivity contribution in [2.45, 2.75) is 52.2 Å². The third-order valence-electron chi connectivity index (χ3n) is 6.36. The van der Waals surface area contributed by atoms with Crippen LogP contribution in [0.2, 0.25) is 5.02 Å². The smallest absolute Gasteiger partial charge is 0.313 e. The summed E-state index contributed by atoms with van der Waals surface area (Å²) < 4.78 is 23.9. The van der Waals surface area contributed by atoms with E-state index in [0.717, 1.165) is 36.2 Å². The molecule has 2 heterocycles. The molecule has 8 nitrogen and oxygen atoms in total. The highest BCUT2D eigenvalue weighted by Crippen LogP contribution is 2.36. The van der Waals surface area contributed by atoms with Gasteiger partial charge in [-0.25, -0.2) is 4.98 Å². The number of aromatic nitrogens is 2. The van der Waals surface area contributed by atoms with Gasteiger partial charge in [0.1, 0.15) is 11.7 Å². The number of carbonyl (C=O) groups is 2. The molecule has 1 aliphatic rings. The lowest BCUT2D eigenvalue weighted by Gasteiger charge is -2.26. The van der Waals surface area contributed by atoms with Crippen LogP contribution in [0, 0.1) is 5.92 Å². The van der Waals surface area contributed by atoms with E-state index in [9.17, 15) is 9.59 Å². The number of ether oxygens (including phenoxy) is 4. The van der Waals surface area contributed by atoms with Crippen LogP contribution in [0.15, 0.2) is 48.7 Å². The molecule has 4 rings (SSSR count). The van der Waals surface area contributed by atoms with E-state index in [1.165, 1.54) is 14.0 Å². The van der Waals surface area contributed by atoms with Crippen LogP contribution in [-0.2, 0) is 38.4 Å². The first-order valence-electron chi connectivity index (χ1n) is 12.3. The first kappa shape index (κ1) is 26.5. The van der Waals surface area contributed by atoms with E-state index in [4.69, 9.17) is 30.5 Å². The third-order valence-corrected chi connectivity index (χ3v) is 6.72. The second-order valence-electron chi connectivity index (χ2n) is 8.93. The standard InChI is InChI=1S/C28H31ClN2O6/c1-4-5-10-26-30-15-23(31(26)16-20-8-6-7-9-22(20)29)27(37-18(2)32)21(28(33)34-3)13-19-11-12-24-25(14-19)36-17-35-24/h6-9,11-12,14-15,21,27H,4-5,10,13,16-17H2,1-3H3. The molecular formula is C28H31ClN2O6. The quantitative estimate of drug-likeness (QED) is 0.313. The van der Waals surface area contributed by atoms with Crippen LogP contribution < -0.4 is 9.47 Å². The molecular weight excluding hydrogens is 496 g/mol. The number of aryl methyl sites for hydroxylation is 1. The van der Waals surface area contributed by atoms with Gasteiger partial charge in [-0.2, -0.15) is 0 Å². The average molecular weight is 527 g/mol. The lowest BCUT2D eigenvalue weighted by molar-refractivity contribution is -0.160. The number of halogens is 1. The number of hydrogen-bond acceptors (Lipinski definition) is 7. The summed E-state index contributed by atoms with van der Waals surface area (Å²) in [5, 5.41) is 0.623. The molecule has 3 aromatic rings. The molecule has 0 saturated heterocycles. The van der Waals surface area contributed by atoms with Crippen molar-refractivity contribution >= 4 is 23.5 Å². The molecule has 1 aliphatic heterocycles. The minimum Gasteiger partial charge on any atom is -0.469 e. The van der Waals surface area contributed by atoms with Gasteiger partial charge in [0.15, 0.2) is 17.6 Å². The number of fused-ring (bicyclic) bond motifs is 1. The Hall–Kier alpha value is -3.52. The van der Waals surface area contributed by atoms with Gasteiger partial charge in [-0.15, -0.1) is 0 Å². The summed E-state index contributed by atoms with van der Waals surface area (Å²) in [5.41, 5.74) is 2.32. The fraction of sp³-hybridized carbons (Fsp3) is 0.393. The lowest BCUT2D eigenvalue weighted by Crippen LogP contribution is -2.30. The molecule has 0 spiro atoms. The highest BCUT2D eigenvalue weighted by Gasteiger charge is 2.36. The Morgan fingerprint density at radius 3 is 2.68 bits per heavy atom. The Kier molecular flexibility index (Phi) is 8.71. The van der Waals surface area contributed by atoms with Crippen molar-refractivity contribution in [2.75, 3.05) is 13.9 Å². The van der Waals surface area contributed by atoms with Gasteiger partial charge in [0.25, 0.3) is 0 Å². The van der Waals surface area contributed by atoms with Crippen molar-refractivity contribution in [3.63, 3.8) is 0 Å². The van der Waals surface area contributed by atoms with Gasteiger partial charge in [-0.05, 0) is 42.2 Å². The van der Waals surface area contributed by atoms with Gasteiger partial charge < -0.3 is 23.5 Å². The van der Waals surface area contributed by atoms with E-state index in [2.05, 4.69) is 11.9 Å². The largest absolute Gasteiger partial charge is 0.469 e. The Balaban J connectivity index is 1.76. The van der Waals surface area contributed by atoms with Crippen molar-refractivity contribution < 1.29 is 28.5 Å². The molecule has 9 heteroatoms. The molecule has 2 unspecified atom stereocenters. The number of unbranched alkanes of at least 4 members (excludes halogenated alkanes) is 1. The van der Waals surface area contributed by atoms with Crippen molar-refractivity contribution in [2.24, 2.45) is 5.92 Å². The number of carbonyl (C=O) groups excluding carboxylic acids is 2. The minimum atomic E-state index is -0.930. The van der Waals surface area contributed by atoms with Gasteiger partial charge in [0, 0.05) is 18.4 Å². The molecule has 2 aromatic carbocycles. The van der Waals surface area contributed by atoms with Crippen molar-refractivity contribution in [3.05, 3.63) is 76.3 Å². The Morgan fingerprint density at radius 1 is 1.16 bits per heavy atom. The number of rotatable bonds is 11. The molecule has 0 aliphatic carbocycles. The summed E-state index contributed by atoms with van der Waals surface area (Å²) in [6.07, 6.45) is 3.68. The molecule has 0 saturated carbocycles. The van der Waals surface area contributed by atoms with E-state index in [-0.39, 0.29) is 13.2 Å². The van der Waals surface area contributed by atoms with E-state index in [1.807, 2.05) is 41.0 Å². The molecule has 1 aromatic heterocycles. The third kappa shape index (κ3) is 6.25. The van der Waals surface area contributed by atoms with Crippen LogP contribution in [0.25, 0.3) is 0 Å². The highest BCUT2D eigenvalue weighted by molar-refractivity contribution is 6.31. The first-order valence-corrected chi connectivity index (χ1v) is 12.7. The van der Waals surface area contributed by atoms with Gasteiger partial charge in [0.2, 0.25) is 6.79 Å². The van der Waals surface area contributed by atoms with E-state index in [1.54, 1.807) is 12.3 Å². The van der Waals surface area contributed by atoms with E-state index in [0.29, 0.717) is 28.8 Å². The normalized spacial score (nSPS) is 13.7.